The number of nitrogens with one attached hydrogen (secondary N) is 2. The Bertz CT molecular complexity index is 462. The van der Waals surface area contributed by atoms with Crippen molar-refractivity contribution in [1.82, 2.24) is 15.3 Å². The second-order valence-electron chi connectivity index (χ2n) is 3.94. The molecule has 0 bridgehead atoms. The van der Waals surface area contributed by atoms with Crippen LogP contribution in [-0.2, 0) is 6.54 Å². The van der Waals surface area contributed by atoms with Gasteiger partial charge in [0.1, 0.15) is 5.82 Å². The summed E-state index contributed by atoms with van der Waals surface area (Å²) in [5.74, 6) is 0.922. The molecule has 0 unspecified atom stereocenters. The number of nitrogens with zero attached hydrogens (tertiary/aromatic N) is 1. The van der Waals surface area contributed by atoms with Gasteiger partial charge in [-0.1, -0.05) is 35.0 Å². The Morgan fingerprint density at radius 3 is 2.76 bits per heavy atom. The van der Waals surface area contributed by atoms with Crippen molar-refractivity contribution in [3.05, 3.63) is 40.6 Å². The summed E-state index contributed by atoms with van der Waals surface area (Å²) in [6.07, 6.45) is 3.04. The fraction of sp³-hybridized carbons (Fsp3) is 0.308. The van der Waals surface area contributed by atoms with Gasteiger partial charge in [-0.25, -0.2) is 4.98 Å². The topological polar surface area (TPSA) is 40.7 Å². The van der Waals surface area contributed by atoms with Gasteiger partial charge < -0.3 is 10.3 Å². The van der Waals surface area contributed by atoms with Crippen molar-refractivity contribution in [2.24, 2.45) is 0 Å². The van der Waals surface area contributed by atoms with E-state index < -0.39 is 0 Å². The Hall–Kier alpha value is -1.13. The van der Waals surface area contributed by atoms with Gasteiger partial charge >= 0.3 is 0 Å². The molecule has 0 aliphatic heterocycles. The third-order valence-corrected chi connectivity index (χ3v) is 3.02. The highest BCUT2D eigenvalue weighted by Crippen LogP contribution is 2.18. The number of rotatable bonds is 5. The summed E-state index contributed by atoms with van der Waals surface area (Å²) in [7, 11) is 0. The van der Waals surface area contributed by atoms with Gasteiger partial charge in [0.2, 0.25) is 0 Å². The van der Waals surface area contributed by atoms with Gasteiger partial charge in [-0.3, -0.25) is 0 Å². The molecule has 90 valence electrons. The Balaban J connectivity index is 2.04. The fourth-order valence-electron chi connectivity index (χ4n) is 1.60. The minimum Gasteiger partial charge on any atom is -0.341 e. The van der Waals surface area contributed by atoms with E-state index in [4.69, 9.17) is 0 Å². The standard InChI is InChI=1S/C13H16BrN3/c1-2-7-15-8-12-9-16-13(17-12)10-3-5-11(14)6-4-10/h3-6,9,15H,2,7-8H2,1H3,(H,16,17). The van der Waals surface area contributed by atoms with E-state index in [2.05, 4.69) is 38.1 Å². The third kappa shape index (κ3) is 3.41. The first kappa shape index (κ1) is 12.3. The van der Waals surface area contributed by atoms with Crippen LogP contribution in [0, 0.1) is 0 Å². The van der Waals surface area contributed by atoms with Crippen LogP contribution in [0.2, 0.25) is 0 Å². The molecule has 2 rings (SSSR count). The maximum atomic E-state index is 4.38. The quantitative estimate of drug-likeness (QED) is 0.830. The van der Waals surface area contributed by atoms with Crippen molar-refractivity contribution in [3.8, 4) is 11.4 Å². The molecule has 1 aromatic carbocycles. The highest BCUT2D eigenvalue weighted by molar-refractivity contribution is 9.10. The fourth-order valence-corrected chi connectivity index (χ4v) is 1.87. The van der Waals surface area contributed by atoms with Crippen LogP contribution in [0.5, 0.6) is 0 Å². The Morgan fingerprint density at radius 1 is 1.29 bits per heavy atom. The van der Waals surface area contributed by atoms with E-state index in [1.165, 1.54) is 0 Å². The molecule has 1 heterocycles. The maximum absolute atomic E-state index is 4.38. The van der Waals surface area contributed by atoms with Crippen LogP contribution in [0.4, 0.5) is 0 Å². The van der Waals surface area contributed by atoms with Crippen molar-refractivity contribution in [2.75, 3.05) is 6.54 Å². The minimum atomic E-state index is 0.845. The lowest BCUT2D eigenvalue weighted by Crippen LogP contribution is -2.13. The maximum Gasteiger partial charge on any atom is 0.137 e. The molecule has 1 aromatic heterocycles. The smallest absolute Gasteiger partial charge is 0.137 e. The van der Waals surface area contributed by atoms with Crippen molar-refractivity contribution in [3.63, 3.8) is 0 Å². The second kappa shape index (κ2) is 5.98. The molecule has 2 aromatic rings. The SMILES string of the molecule is CCCNCc1cnc(-c2ccc(Br)cc2)[nH]1. The first-order valence-electron chi connectivity index (χ1n) is 5.80. The lowest BCUT2D eigenvalue weighted by Gasteiger charge is -2.00. The van der Waals surface area contributed by atoms with E-state index in [1.54, 1.807) is 0 Å². The molecule has 0 aliphatic rings. The van der Waals surface area contributed by atoms with E-state index in [0.29, 0.717) is 0 Å². The first-order chi connectivity index (χ1) is 8.29. The molecule has 0 aliphatic carbocycles. The van der Waals surface area contributed by atoms with Gasteiger partial charge in [0.05, 0.1) is 0 Å². The number of benzene rings is 1. The molecule has 0 fully saturated rings. The largest absolute Gasteiger partial charge is 0.341 e. The number of hydrogen-bond donors (Lipinski definition) is 2. The first-order valence-corrected chi connectivity index (χ1v) is 6.59. The molecule has 0 atom stereocenters. The van der Waals surface area contributed by atoms with Crippen LogP contribution in [0.25, 0.3) is 11.4 Å². The van der Waals surface area contributed by atoms with Crippen LogP contribution in [0.15, 0.2) is 34.9 Å². The van der Waals surface area contributed by atoms with Gasteiger partial charge in [-0.05, 0) is 25.1 Å². The van der Waals surface area contributed by atoms with Crippen LogP contribution in [-0.4, -0.2) is 16.5 Å². The second-order valence-corrected chi connectivity index (χ2v) is 4.86. The average molecular weight is 294 g/mol. The zero-order valence-corrected chi connectivity index (χ0v) is 11.4. The summed E-state index contributed by atoms with van der Waals surface area (Å²) in [6, 6.07) is 8.14. The van der Waals surface area contributed by atoms with Gasteiger partial charge in [-0.2, -0.15) is 0 Å². The molecule has 0 amide bonds. The lowest BCUT2D eigenvalue weighted by molar-refractivity contribution is 0.667. The summed E-state index contributed by atoms with van der Waals surface area (Å²) in [5.41, 5.74) is 2.23. The van der Waals surface area contributed by atoms with Crippen LogP contribution < -0.4 is 5.32 Å². The molecule has 0 saturated heterocycles. The summed E-state index contributed by atoms with van der Waals surface area (Å²) < 4.78 is 1.08. The number of hydrogen-bond acceptors (Lipinski definition) is 2. The van der Waals surface area contributed by atoms with Gasteiger partial charge in [0.25, 0.3) is 0 Å². The number of H-pyrrole nitrogens is 1. The molecule has 0 spiro atoms. The Labute approximate surface area is 110 Å². The van der Waals surface area contributed by atoms with Crippen LogP contribution in [0.1, 0.15) is 19.0 Å². The van der Waals surface area contributed by atoms with Crippen molar-refractivity contribution >= 4 is 15.9 Å². The predicted octanol–water partition coefficient (Wildman–Crippen LogP) is 3.34. The molecule has 2 N–H and O–H groups in total. The van der Waals surface area contributed by atoms with Crippen LogP contribution in [0.3, 0.4) is 0 Å². The molecular formula is C13H16BrN3. The predicted molar refractivity (Wildman–Crippen MR) is 73.7 cm³/mol. The Morgan fingerprint density at radius 2 is 2.06 bits per heavy atom. The van der Waals surface area contributed by atoms with Crippen molar-refractivity contribution in [1.29, 1.82) is 0 Å². The van der Waals surface area contributed by atoms with Crippen molar-refractivity contribution in [2.45, 2.75) is 19.9 Å². The highest BCUT2D eigenvalue weighted by atomic mass is 79.9. The summed E-state index contributed by atoms with van der Waals surface area (Å²) in [6.45, 7) is 4.04. The van der Waals surface area contributed by atoms with E-state index >= 15 is 0 Å². The van der Waals surface area contributed by atoms with E-state index in [1.807, 2.05) is 30.5 Å². The van der Waals surface area contributed by atoms with E-state index in [-0.39, 0.29) is 0 Å². The van der Waals surface area contributed by atoms with E-state index in [9.17, 15) is 0 Å². The molecule has 4 heteroatoms. The molecule has 0 radical (unpaired) electrons. The van der Waals surface area contributed by atoms with Gasteiger partial charge in [0.15, 0.2) is 0 Å². The number of imidazole rings is 1. The minimum absolute atomic E-state index is 0.845. The zero-order valence-electron chi connectivity index (χ0n) is 9.83. The number of halogens is 1. The average Bonchev–Trinajstić information content (AvgIpc) is 2.79. The third-order valence-electron chi connectivity index (χ3n) is 2.49. The summed E-state index contributed by atoms with van der Waals surface area (Å²) in [5, 5.41) is 3.35. The molecule has 3 nitrogen and oxygen atoms in total. The zero-order chi connectivity index (χ0) is 12.1. The number of aromatic nitrogens is 2. The number of aromatic amines is 1. The normalized spacial score (nSPS) is 10.7. The van der Waals surface area contributed by atoms with Gasteiger partial charge in [-0.15, -0.1) is 0 Å². The lowest BCUT2D eigenvalue weighted by atomic mass is 10.2. The molecule has 17 heavy (non-hydrogen) atoms. The van der Waals surface area contributed by atoms with Gasteiger partial charge in [0, 0.05) is 28.5 Å². The monoisotopic (exact) mass is 293 g/mol. The molecule has 0 saturated carbocycles. The highest BCUT2D eigenvalue weighted by Gasteiger charge is 2.02. The van der Waals surface area contributed by atoms with Crippen LogP contribution >= 0.6 is 15.9 Å². The Kier molecular flexibility index (Phi) is 4.34. The summed E-state index contributed by atoms with van der Waals surface area (Å²) in [4.78, 5) is 7.70. The molecular weight excluding hydrogens is 278 g/mol. The van der Waals surface area contributed by atoms with E-state index in [0.717, 1.165) is 41.1 Å². The summed E-state index contributed by atoms with van der Waals surface area (Å²) >= 11 is 3.42. The van der Waals surface area contributed by atoms with Crippen molar-refractivity contribution < 1.29 is 0 Å².